The molecule has 2 aliphatic rings. The summed E-state index contributed by atoms with van der Waals surface area (Å²) < 4.78 is 0. The Kier molecular flexibility index (Phi) is 4.57. The zero-order chi connectivity index (χ0) is 15.7. The Labute approximate surface area is 136 Å². The van der Waals surface area contributed by atoms with Crippen LogP contribution in [0.2, 0.25) is 5.02 Å². The number of aromatic hydroxyl groups is 1. The van der Waals surface area contributed by atoms with E-state index in [9.17, 15) is 9.90 Å². The molecule has 2 fully saturated rings. The highest BCUT2D eigenvalue weighted by molar-refractivity contribution is 6.31. The van der Waals surface area contributed by atoms with Crippen molar-refractivity contribution < 1.29 is 9.90 Å². The molecule has 1 amide bonds. The number of nitrogens with zero attached hydrogens (tertiary/aromatic N) is 3. The smallest absolute Gasteiger partial charge is 0.257 e. The second-order valence-corrected chi connectivity index (χ2v) is 6.63. The van der Waals surface area contributed by atoms with Gasteiger partial charge in [-0.2, -0.15) is 0 Å². The van der Waals surface area contributed by atoms with Gasteiger partial charge in [0, 0.05) is 50.3 Å². The van der Waals surface area contributed by atoms with Gasteiger partial charge < -0.3 is 14.9 Å². The normalized spacial score (nSPS) is 23.9. The van der Waals surface area contributed by atoms with Crippen molar-refractivity contribution >= 4 is 17.5 Å². The number of phenols is 1. The summed E-state index contributed by atoms with van der Waals surface area (Å²) in [4.78, 5) is 19.2. The molecule has 2 heterocycles. The van der Waals surface area contributed by atoms with E-state index in [4.69, 9.17) is 11.6 Å². The molecule has 0 radical (unpaired) electrons. The van der Waals surface area contributed by atoms with Crippen molar-refractivity contribution in [1.29, 1.82) is 0 Å². The van der Waals surface area contributed by atoms with Crippen LogP contribution in [-0.2, 0) is 0 Å². The van der Waals surface area contributed by atoms with Crippen LogP contribution < -0.4 is 0 Å². The molecule has 1 aromatic rings. The van der Waals surface area contributed by atoms with E-state index in [0.717, 1.165) is 45.7 Å². The van der Waals surface area contributed by atoms with E-state index < -0.39 is 0 Å². The summed E-state index contributed by atoms with van der Waals surface area (Å²) in [6.45, 7) is 5.76. The number of hydrogen-bond donors (Lipinski definition) is 1. The minimum absolute atomic E-state index is 0.00236. The van der Waals surface area contributed by atoms with Crippen molar-refractivity contribution in [1.82, 2.24) is 14.7 Å². The Morgan fingerprint density at radius 3 is 2.68 bits per heavy atom. The molecule has 6 heteroatoms. The van der Waals surface area contributed by atoms with Crippen molar-refractivity contribution in [2.75, 3.05) is 46.3 Å². The first-order valence-electron chi connectivity index (χ1n) is 7.75. The van der Waals surface area contributed by atoms with E-state index in [-0.39, 0.29) is 11.7 Å². The molecule has 1 aromatic carbocycles. The molecule has 2 saturated heterocycles. The van der Waals surface area contributed by atoms with Crippen molar-refractivity contribution in [3.63, 3.8) is 0 Å². The summed E-state index contributed by atoms with van der Waals surface area (Å²) in [5.74, 6) is -0.130. The van der Waals surface area contributed by atoms with Gasteiger partial charge in [-0.15, -0.1) is 0 Å². The first-order chi connectivity index (χ1) is 10.5. The van der Waals surface area contributed by atoms with E-state index in [1.165, 1.54) is 6.07 Å². The predicted molar refractivity (Wildman–Crippen MR) is 86.5 cm³/mol. The fourth-order valence-electron chi connectivity index (χ4n) is 3.26. The van der Waals surface area contributed by atoms with Gasteiger partial charge in [0.1, 0.15) is 5.75 Å². The summed E-state index contributed by atoms with van der Waals surface area (Å²) in [6.07, 6.45) is 0.997. The van der Waals surface area contributed by atoms with Crippen molar-refractivity contribution in [2.24, 2.45) is 0 Å². The van der Waals surface area contributed by atoms with Crippen LogP contribution in [-0.4, -0.2) is 78.1 Å². The molecule has 120 valence electrons. The third-order valence-electron chi connectivity index (χ3n) is 4.69. The summed E-state index contributed by atoms with van der Waals surface area (Å²) in [6, 6.07) is 5.04. The van der Waals surface area contributed by atoms with Crippen molar-refractivity contribution in [3.05, 3.63) is 28.8 Å². The molecule has 22 heavy (non-hydrogen) atoms. The lowest BCUT2D eigenvalue weighted by Crippen LogP contribution is -2.50. The van der Waals surface area contributed by atoms with Crippen LogP contribution >= 0.6 is 11.6 Å². The molecule has 1 atom stereocenters. The van der Waals surface area contributed by atoms with Gasteiger partial charge in [0.2, 0.25) is 0 Å². The Balaban J connectivity index is 1.65. The lowest BCUT2D eigenvalue weighted by Gasteiger charge is -2.36. The van der Waals surface area contributed by atoms with Gasteiger partial charge in [-0.25, -0.2) is 0 Å². The van der Waals surface area contributed by atoms with Crippen LogP contribution in [0.25, 0.3) is 0 Å². The highest BCUT2D eigenvalue weighted by atomic mass is 35.5. The van der Waals surface area contributed by atoms with Crippen molar-refractivity contribution in [3.8, 4) is 5.75 Å². The average Bonchev–Trinajstić information content (AvgIpc) is 2.99. The van der Waals surface area contributed by atoms with E-state index in [1.807, 2.05) is 4.90 Å². The number of piperazine rings is 1. The molecule has 3 rings (SSSR count). The maximum absolute atomic E-state index is 12.6. The molecule has 0 saturated carbocycles. The van der Waals surface area contributed by atoms with Gasteiger partial charge in [0.15, 0.2) is 0 Å². The van der Waals surface area contributed by atoms with Crippen molar-refractivity contribution in [2.45, 2.75) is 12.5 Å². The second kappa shape index (κ2) is 6.44. The van der Waals surface area contributed by atoms with Crippen LogP contribution in [0.4, 0.5) is 0 Å². The average molecular weight is 324 g/mol. The topological polar surface area (TPSA) is 47.0 Å². The van der Waals surface area contributed by atoms with Gasteiger partial charge in [-0.05, 0) is 31.7 Å². The third-order valence-corrected chi connectivity index (χ3v) is 4.93. The SMILES string of the molecule is CN1CCN(C2CCN(C(=O)c3cc(Cl)ccc3O)C2)CC1. The van der Waals surface area contributed by atoms with Gasteiger partial charge >= 0.3 is 0 Å². The predicted octanol–water partition coefficient (Wildman–Crippen LogP) is 1.51. The quantitative estimate of drug-likeness (QED) is 0.896. The van der Waals surface area contributed by atoms with Crippen LogP contribution in [0.5, 0.6) is 5.75 Å². The Morgan fingerprint density at radius 2 is 1.95 bits per heavy atom. The molecule has 1 unspecified atom stereocenters. The van der Waals surface area contributed by atoms with Gasteiger partial charge in [0.25, 0.3) is 5.91 Å². The second-order valence-electron chi connectivity index (χ2n) is 6.19. The zero-order valence-electron chi connectivity index (χ0n) is 12.8. The Morgan fingerprint density at radius 1 is 1.23 bits per heavy atom. The molecular formula is C16H22ClN3O2. The van der Waals surface area contributed by atoms with E-state index in [0.29, 0.717) is 16.6 Å². The lowest BCUT2D eigenvalue weighted by atomic mass is 10.1. The van der Waals surface area contributed by atoms with Crippen LogP contribution in [0.15, 0.2) is 18.2 Å². The summed E-state index contributed by atoms with van der Waals surface area (Å²) >= 11 is 5.94. The first kappa shape index (κ1) is 15.6. The highest BCUT2D eigenvalue weighted by Crippen LogP contribution is 2.25. The zero-order valence-corrected chi connectivity index (χ0v) is 13.6. The number of carbonyl (C=O) groups is 1. The highest BCUT2D eigenvalue weighted by Gasteiger charge is 2.32. The Hall–Kier alpha value is -1.30. The number of amides is 1. The number of carbonyl (C=O) groups excluding carboxylic acids is 1. The maximum atomic E-state index is 12.6. The number of phenolic OH excluding ortho intramolecular Hbond substituents is 1. The number of hydrogen-bond acceptors (Lipinski definition) is 4. The number of halogens is 1. The Bertz CT molecular complexity index is 558. The minimum atomic E-state index is -0.128. The lowest BCUT2D eigenvalue weighted by molar-refractivity contribution is 0.0752. The molecule has 5 nitrogen and oxygen atoms in total. The number of rotatable bonds is 2. The third kappa shape index (κ3) is 3.21. The molecule has 1 N–H and O–H groups in total. The van der Waals surface area contributed by atoms with Crippen LogP contribution in [0.1, 0.15) is 16.8 Å². The molecule has 0 spiro atoms. The standard InChI is InChI=1S/C16H22ClN3O2/c1-18-6-8-19(9-7-18)13-4-5-20(11-13)16(22)14-10-12(17)2-3-15(14)21/h2-3,10,13,21H,4-9,11H2,1H3. The van der Waals surface area contributed by atoms with Gasteiger partial charge in [-0.1, -0.05) is 11.6 Å². The summed E-state index contributed by atoms with van der Waals surface area (Å²) in [5, 5.41) is 10.4. The maximum Gasteiger partial charge on any atom is 0.257 e. The van der Waals surface area contributed by atoms with Crippen LogP contribution in [0.3, 0.4) is 0 Å². The fourth-order valence-corrected chi connectivity index (χ4v) is 3.43. The van der Waals surface area contributed by atoms with E-state index in [1.54, 1.807) is 12.1 Å². The minimum Gasteiger partial charge on any atom is -0.507 e. The number of benzene rings is 1. The van der Waals surface area contributed by atoms with Gasteiger partial charge in [0.05, 0.1) is 5.56 Å². The number of likely N-dealkylation sites (tertiary alicyclic amines) is 1. The fraction of sp³-hybridized carbons (Fsp3) is 0.562. The van der Waals surface area contributed by atoms with Crippen LogP contribution in [0, 0.1) is 0 Å². The van der Waals surface area contributed by atoms with E-state index >= 15 is 0 Å². The first-order valence-corrected chi connectivity index (χ1v) is 8.13. The summed E-state index contributed by atoms with van der Waals surface area (Å²) in [7, 11) is 2.14. The monoisotopic (exact) mass is 323 g/mol. The summed E-state index contributed by atoms with van der Waals surface area (Å²) in [5.41, 5.74) is 0.298. The molecule has 0 aliphatic carbocycles. The molecular weight excluding hydrogens is 302 g/mol. The largest absolute Gasteiger partial charge is 0.507 e. The van der Waals surface area contributed by atoms with E-state index in [2.05, 4.69) is 16.8 Å². The van der Waals surface area contributed by atoms with Gasteiger partial charge in [-0.3, -0.25) is 9.69 Å². The number of likely N-dealkylation sites (N-methyl/N-ethyl adjacent to an activating group) is 1. The molecule has 2 aliphatic heterocycles. The molecule has 0 aromatic heterocycles. The molecule has 0 bridgehead atoms.